The molecular weight excluding hydrogens is 444 g/mol. The van der Waals surface area contributed by atoms with E-state index in [-0.39, 0.29) is 0 Å². The molecule has 0 spiro atoms. The van der Waals surface area contributed by atoms with Gasteiger partial charge in [-0.05, 0) is 11.6 Å². The van der Waals surface area contributed by atoms with E-state index < -0.39 is 80.6 Å². The molecule has 2 fully saturated rings. The molecule has 12 nitrogen and oxygen atoms in total. The maximum absolute atomic E-state index is 12.3. The van der Waals surface area contributed by atoms with E-state index in [0.29, 0.717) is 5.56 Å². The number of ether oxygens (including phenoxy) is 4. The fraction of sp³-hybridized carbons (Fsp3) is 0.571. The summed E-state index contributed by atoms with van der Waals surface area (Å²) in [5, 5.41) is 69.7. The van der Waals surface area contributed by atoms with Crippen molar-refractivity contribution in [3.63, 3.8) is 0 Å². The van der Waals surface area contributed by atoms with Crippen molar-refractivity contribution in [2.24, 2.45) is 0 Å². The molecule has 0 saturated carbocycles. The lowest BCUT2D eigenvalue weighted by Gasteiger charge is -2.43. The van der Waals surface area contributed by atoms with E-state index in [2.05, 4.69) is 0 Å². The molecule has 0 bridgehead atoms. The van der Waals surface area contributed by atoms with Gasteiger partial charge in [0.15, 0.2) is 12.4 Å². The lowest BCUT2D eigenvalue weighted by molar-refractivity contribution is -0.383. The van der Waals surface area contributed by atoms with Crippen molar-refractivity contribution in [1.82, 2.24) is 0 Å². The molecule has 2 saturated heterocycles. The highest BCUT2D eigenvalue weighted by Gasteiger charge is 2.60. The molecule has 184 valence electrons. The van der Waals surface area contributed by atoms with Crippen LogP contribution in [0.4, 0.5) is 0 Å². The Morgan fingerprint density at radius 1 is 0.970 bits per heavy atom. The fourth-order valence-corrected chi connectivity index (χ4v) is 3.66. The number of aliphatic hydroxyl groups excluding tert-OH is 7. The van der Waals surface area contributed by atoms with Gasteiger partial charge >= 0.3 is 5.97 Å². The minimum Gasteiger partial charge on any atom is -0.453 e. The van der Waals surface area contributed by atoms with Gasteiger partial charge in [-0.2, -0.15) is 0 Å². The van der Waals surface area contributed by atoms with Crippen molar-refractivity contribution in [2.75, 3.05) is 19.8 Å². The average Bonchev–Trinajstić information content (AvgIpc) is 3.09. The van der Waals surface area contributed by atoms with Crippen LogP contribution in [0.15, 0.2) is 36.4 Å². The molecular formula is C21H28O12. The normalized spacial score (nSPS) is 39.1. The van der Waals surface area contributed by atoms with E-state index in [4.69, 9.17) is 18.9 Å². The molecule has 12 heteroatoms. The van der Waals surface area contributed by atoms with Gasteiger partial charge in [-0.3, -0.25) is 0 Å². The molecule has 1 aromatic rings. The number of esters is 1. The third kappa shape index (κ3) is 5.41. The van der Waals surface area contributed by atoms with Crippen LogP contribution in [0, 0.1) is 0 Å². The summed E-state index contributed by atoms with van der Waals surface area (Å²) in [6.45, 7) is -2.47. The number of benzene rings is 1. The Hall–Kier alpha value is -1.97. The van der Waals surface area contributed by atoms with Gasteiger partial charge in [0.1, 0.15) is 43.2 Å². The van der Waals surface area contributed by atoms with E-state index in [1.54, 1.807) is 30.3 Å². The summed E-state index contributed by atoms with van der Waals surface area (Å²) in [5.41, 5.74) is 0.715. The number of carbonyl (C=O) groups is 1. The second-order valence-corrected chi connectivity index (χ2v) is 7.71. The highest BCUT2D eigenvalue weighted by atomic mass is 16.8. The Kier molecular flexibility index (Phi) is 8.53. The molecule has 0 unspecified atom stereocenters. The molecule has 3 rings (SSSR count). The van der Waals surface area contributed by atoms with Crippen molar-refractivity contribution in [3.8, 4) is 0 Å². The molecule has 0 radical (unpaired) electrons. The fourth-order valence-electron chi connectivity index (χ4n) is 3.66. The molecule has 33 heavy (non-hydrogen) atoms. The molecule has 0 amide bonds. The predicted molar refractivity (Wildman–Crippen MR) is 108 cm³/mol. The number of hydrogen-bond donors (Lipinski definition) is 7. The summed E-state index contributed by atoms with van der Waals surface area (Å²) in [6, 6.07) is 8.84. The highest BCUT2D eigenvalue weighted by Crippen LogP contribution is 2.37. The van der Waals surface area contributed by atoms with Gasteiger partial charge in [-0.1, -0.05) is 30.3 Å². The standard InChI is InChI=1S/C21H28O12/c22-8-12-15(26)16(27)17(28)20(30-12)33-21(10-24)19(29)18(13(9-23)32-21)31-14(25)7-6-11-4-2-1-3-5-11/h1-7,12-13,15-20,22-24,26-29H,8-10H2/b7-6+/t12-,13-,15-,16+,17-,18-,19+,20-,21+/m0/s1. The number of hydrogen-bond acceptors (Lipinski definition) is 12. The largest absolute Gasteiger partial charge is 0.453 e. The quantitative estimate of drug-likeness (QED) is 0.149. The van der Waals surface area contributed by atoms with Crippen LogP contribution in [0.25, 0.3) is 6.08 Å². The van der Waals surface area contributed by atoms with Crippen molar-refractivity contribution in [1.29, 1.82) is 0 Å². The Balaban J connectivity index is 1.74. The zero-order valence-electron chi connectivity index (χ0n) is 17.5. The van der Waals surface area contributed by atoms with Gasteiger partial charge in [-0.25, -0.2) is 4.79 Å². The third-order valence-electron chi connectivity index (χ3n) is 5.51. The van der Waals surface area contributed by atoms with Gasteiger partial charge in [-0.15, -0.1) is 0 Å². The topological polar surface area (TPSA) is 196 Å². The smallest absolute Gasteiger partial charge is 0.331 e. The first-order valence-electron chi connectivity index (χ1n) is 10.3. The Morgan fingerprint density at radius 2 is 1.64 bits per heavy atom. The van der Waals surface area contributed by atoms with Gasteiger partial charge in [0.2, 0.25) is 5.79 Å². The Labute approximate surface area is 188 Å². The van der Waals surface area contributed by atoms with Gasteiger partial charge < -0.3 is 54.7 Å². The predicted octanol–water partition coefficient (Wildman–Crippen LogP) is -3.13. The molecule has 9 atom stereocenters. The first kappa shape index (κ1) is 25.6. The second-order valence-electron chi connectivity index (χ2n) is 7.71. The van der Waals surface area contributed by atoms with Crippen molar-refractivity contribution in [2.45, 2.75) is 54.8 Å². The Morgan fingerprint density at radius 3 is 2.24 bits per heavy atom. The van der Waals surface area contributed by atoms with E-state index in [1.807, 2.05) is 0 Å². The molecule has 7 N–H and O–H groups in total. The van der Waals surface area contributed by atoms with E-state index in [9.17, 15) is 40.5 Å². The summed E-state index contributed by atoms with van der Waals surface area (Å²) >= 11 is 0. The highest BCUT2D eigenvalue weighted by molar-refractivity contribution is 5.87. The van der Waals surface area contributed by atoms with Gasteiger partial charge in [0.25, 0.3) is 0 Å². The summed E-state index contributed by atoms with van der Waals surface area (Å²) in [5.74, 6) is -3.19. The maximum Gasteiger partial charge on any atom is 0.331 e. The van der Waals surface area contributed by atoms with Crippen molar-refractivity contribution in [3.05, 3.63) is 42.0 Å². The van der Waals surface area contributed by atoms with Crippen LogP contribution in [0.5, 0.6) is 0 Å². The van der Waals surface area contributed by atoms with E-state index in [0.717, 1.165) is 6.08 Å². The van der Waals surface area contributed by atoms with Crippen LogP contribution in [0.1, 0.15) is 5.56 Å². The molecule has 2 heterocycles. The minimum absolute atomic E-state index is 0.715. The second kappa shape index (κ2) is 11.0. The van der Waals surface area contributed by atoms with Crippen LogP contribution in [0.2, 0.25) is 0 Å². The zero-order valence-corrected chi connectivity index (χ0v) is 17.5. The summed E-state index contributed by atoms with van der Waals surface area (Å²) in [4.78, 5) is 12.3. The van der Waals surface area contributed by atoms with Crippen LogP contribution in [-0.4, -0.2) is 116 Å². The van der Waals surface area contributed by atoms with E-state index in [1.165, 1.54) is 6.08 Å². The van der Waals surface area contributed by atoms with E-state index >= 15 is 0 Å². The maximum atomic E-state index is 12.3. The monoisotopic (exact) mass is 472 g/mol. The molecule has 0 aromatic heterocycles. The van der Waals surface area contributed by atoms with Crippen LogP contribution in [-0.2, 0) is 23.7 Å². The molecule has 2 aliphatic heterocycles. The first-order valence-corrected chi connectivity index (χ1v) is 10.3. The SMILES string of the molecule is O=C(/C=C/c1ccccc1)O[C@H]1[C@H](CO)O[C@](CO)(O[C@@H]2O[C@@H](CO)[C@H](O)[C@@H](O)[C@@H]2O)[C@@H]1O. The minimum atomic E-state index is -2.32. The first-order chi connectivity index (χ1) is 15.8. The van der Waals surface area contributed by atoms with Gasteiger partial charge in [0, 0.05) is 6.08 Å². The number of rotatable bonds is 8. The van der Waals surface area contributed by atoms with Crippen LogP contribution >= 0.6 is 0 Å². The molecule has 1 aromatic carbocycles. The van der Waals surface area contributed by atoms with Gasteiger partial charge in [0.05, 0.1) is 13.2 Å². The summed E-state index contributed by atoms with van der Waals surface area (Å²) < 4.78 is 21.3. The lowest BCUT2D eigenvalue weighted by Crippen LogP contribution is -2.62. The Bertz CT molecular complexity index is 802. The summed E-state index contributed by atoms with van der Waals surface area (Å²) in [7, 11) is 0. The average molecular weight is 472 g/mol. The molecule has 0 aliphatic carbocycles. The van der Waals surface area contributed by atoms with Crippen molar-refractivity contribution >= 4 is 12.0 Å². The zero-order chi connectivity index (χ0) is 24.2. The van der Waals surface area contributed by atoms with Crippen LogP contribution < -0.4 is 0 Å². The number of aliphatic hydroxyl groups is 7. The van der Waals surface area contributed by atoms with Crippen LogP contribution in [0.3, 0.4) is 0 Å². The molecule has 2 aliphatic rings. The number of carbonyl (C=O) groups excluding carboxylic acids is 1. The lowest BCUT2D eigenvalue weighted by atomic mass is 9.99. The third-order valence-corrected chi connectivity index (χ3v) is 5.51. The van der Waals surface area contributed by atoms with Crippen molar-refractivity contribution < 1.29 is 59.5 Å². The summed E-state index contributed by atoms with van der Waals surface area (Å²) in [6.07, 6.45) is -10.4.